The fraction of sp³-hybridized carbons (Fsp3) is 0.738. The third-order valence-electron chi connectivity index (χ3n) is 13.2. The average Bonchev–Trinajstić information content (AvgIpc) is 3.29. The maximum absolute atomic E-state index is 5.52. The maximum Gasteiger partial charge on any atom is 0.0848 e. The van der Waals surface area contributed by atoms with E-state index in [1.165, 1.54) is 221 Å². The predicted octanol–water partition coefficient (Wildman–Crippen LogP) is 21.0. The normalized spacial score (nSPS) is 12.2. The summed E-state index contributed by atoms with van der Waals surface area (Å²) in [6.07, 6.45) is 56.4. The molecule has 0 aromatic heterocycles. The Morgan fingerprint density at radius 1 is 0.344 bits per heavy atom. The molecule has 0 aliphatic carbocycles. The number of nitrogens with zero attached hydrogens (tertiary/aromatic N) is 2. The number of aryl methyl sites for hydroxylation is 4. The maximum atomic E-state index is 5.52. The second kappa shape index (κ2) is 43.6. The molecule has 0 spiro atoms. The van der Waals surface area contributed by atoms with Crippen molar-refractivity contribution >= 4 is 22.8 Å². The Bertz CT molecular complexity index is 1400. The van der Waals surface area contributed by atoms with Gasteiger partial charge in [-0.05, 0) is 130 Å². The molecule has 2 nitrogen and oxygen atoms in total. The minimum Gasteiger partial charge on any atom is -0.251 e. The van der Waals surface area contributed by atoms with Gasteiger partial charge in [0, 0.05) is 16.5 Å². The van der Waals surface area contributed by atoms with Crippen LogP contribution in [0.25, 0.3) is 0 Å². The number of rotatable bonds is 43. The first-order valence-corrected chi connectivity index (χ1v) is 28.1. The zero-order chi connectivity index (χ0) is 45.3. The monoisotopic (exact) mass is 923 g/mol. The van der Waals surface area contributed by atoms with Crippen molar-refractivity contribution in [1.29, 1.82) is 0 Å². The van der Waals surface area contributed by atoms with E-state index in [0.717, 1.165) is 74.2 Å². The van der Waals surface area contributed by atoms with Crippen LogP contribution >= 0.6 is 0 Å². The van der Waals surface area contributed by atoms with Crippen LogP contribution in [0.15, 0.2) is 58.5 Å². The molecule has 0 N–H and O–H groups in total. The molecule has 2 aromatic carbocycles. The van der Waals surface area contributed by atoms with E-state index in [0.29, 0.717) is 0 Å². The fourth-order valence-electron chi connectivity index (χ4n) is 9.04. The fourth-order valence-corrected chi connectivity index (χ4v) is 9.04. The SMILES string of the molecule is CCCCCCCCCCCCCCCCCCCCCCCCC/C=C/C(=Nc1cc(CCCC)cc(CCCC)c1)C(CCCC)=Nc1cc(CCCC)cc(CCCC)c1.[Ni]. The standard InChI is InChI=1S/C61H104N2.Ni/c1-7-13-19-20-21-22-23-24-25-26-27-28-29-30-31-32-33-34-35-36-37-38-39-40-41-47-61(63-59-52-56(44-16-10-4)49-57(53-59)45-17-11-5)60(46-18-12-6)62-58-50-54(42-14-8-2)48-55(51-58)43-15-9-3;/h41,47-53H,7-40,42-46H2,1-6H3;/b47-41+,62-60?,63-61?;. The zero-order valence-electron chi connectivity index (χ0n) is 43.4. The molecular weight excluding hydrogens is 819 g/mol. The number of allylic oxidation sites excluding steroid dienone is 2. The van der Waals surface area contributed by atoms with Gasteiger partial charge in [-0.3, -0.25) is 4.99 Å². The molecule has 0 saturated heterocycles. The summed E-state index contributed by atoms with van der Waals surface area (Å²) in [7, 11) is 0. The third-order valence-corrected chi connectivity index (χ3v) is 13.2. The van der Waals surface area contributed by atoms with Crippen LogP contribution in [0.2, 0.25) is 0 Å². The van der Waals surface area contributed by atoms with Gasteiger partial charge in [-0.15, -0.1) is 0 Å². The first-order valence-electron chi connectivity index (χ1n) is 28.1. The molecule has 0 saturated carbocycles. The second-order valence-electron chi connectivity index (χ2n) is 19.6. The minimum atomic E-state index is 0. The van der Waals surface area contributed by atoms with E-state index in [4.69, 9.17) is 9.98 Å². The first kappa shape index (κ1) is 60.0. The van der Waals surface area contributed by atoms with Crippen molar-refractivity contribution in [2.75, 3.05) is 0 Å². The molecule has 2 rings (SSSR count). The number of hydrogen-bond acceptors (Lipinski definition) is 2. The summed E-state index contributed by atoms with van der Waals surface area (Å²) in [5.41, 5.74) is 10.2. The minimum absolute atomic E-state index is 0. The van der Waals surface area contributed by atoms with Gasteiger partial charge in [-0.2, -0.15) is 0 Å². The van der Waals surface area contributed by atoms with Crippen LogP contribution in [0.1, 0.15) is 289 Å². The van der Waals surface area contributed by atoms with Gasteiger partial charge in [0.1, 0.15) is 0 Å². The van der Waals surface area contributed by atoms with E-state index < -0.39 is 0 Å². The molecule has 0 atom stereocenters. The Kier molecular flexibility index (Phi) is 40.9. The van der Waals surface area contributed by atoms with Crippen molar-refractivity contribution in [2.24, 2.45) is 9.98 Å². The second-order valence-corrected chi connectivity index (χ2v) is 19.6. The Labute approximate surface area is 410 Å². The molecule has 0 radical (unpaired) electrons. The summed E-state index contributed by atoms with van der Waals surface area (Å²) >= 11 is 0. The molecule has 2 aromatic rings. The quantitative estimate of drug-likeness (QED) is 0.0360. The van der Waals surface area contributed by atoms with Gasteiger partial charge >= 0.3 is 0 Å². The molecule has 0 fully saturated rings. The number of benzene rings is 2. The molecule has 0 aliphatic heterocycles. The van der Waals surface area contributed by atoms with Gasteiger partial charge in [-0.25, -0.2) is 4.99 Å². The number of aliphatic imine (C=N–C) groups is 2. The van der Waals surface area contributed by atoms with Gasteiger partial charge in [0.25, 0.3) is 0 Å². The van der Waals surface area contributed by atoms with E-state index in [9.17, 15) is 0 Å². The summed E-state index contributed by atoms with van der Waals surface area (Å²) in [5, 5.41) is 0. The van der Waals surface area contributed by atoms with Crippen molar-refractivity contribution in [1.82, 2.24) is 0 Å². The van der Waals surface area contributed by atoms with E-state index in [1.54, 1.807) is 0 Å². The van der Waals surface area contributed by atoms with Gasteiger partial charge < -0.3 is 0 Å². The van der Waals surface area contributed by atoms with E-state index in [-0.39, 0.29) is 16.5 Å². The smallest absolute Gasteiger partial charge is 0.0848 e. The van der Waals surface area contributed by atoms with Crippen molar-refractivity contribution in [2.45, 2.75) is 292 Å². The molecule has 0 unspecified atom stereocenters. The van der Waals surface area contributed by atoms with Crippen LogP contribution < -0.4 is 0 Å². The van der Waals surface area contributed by atoms with Gasteiger partial charge in [0.05, 0.1) is 22.8 Å². The van der Waals surface area contributed by atoms with Gasteiger partial charge in [-0.1, -0.05) is 233 Å². The Morgan fingerprint density at radius 3 is 0.969 bits per heavy atom. The van der Waals surface area contributed by atoms with Crippen molar-refractivity contribution < 1.29 is 16.5 Å². The third kappa shape index (κ3) is 31.8. The molecular formula is C61H104N2Ni. The largest absolute Gasteiger partial charge is 0.251 e. The molecule has 368 valence electrons. The summed E-state index contributed by atoms with van der Waals surface area (Å²) in [4.78, 5) is 11.0. The van der Waals surface area contributed by atoms with Crippen molar-refractivity contribution in [3.63, 3.8) is 0 Å². The van der Waals surface area contributed by atoms with E-state index >= 15 is 0 Å². The predicted molar refractivity (Wildman–Crippen MR) is 287 cm³/mol. The van der Waals surface area contributed by atoms with Crippen LogP contribution in [0.5, 0.6) is 0 Å². The molecule has 64 heavy (non-hydrogen) atoms. The van der Waals surface area contributed by atoms with Crippen LogP contribution in [0.4, 0.5) is 11.4 Å². The summed E-state index contributed by atoms with van der Waals surface area (Å²) in [6, 6.07) is 14.4. The number of hydrogen-bond donors (Lipinski definition) is 0. The average molecular weight is 924 g/mol. The summed E-state index contributed by atoms with van der Waals surface area (Å²) in [5.74, 6) is 0. The van der Waals surface area contributed by atoms with Crippen LogP contribution in [0, 0.1) is 0 Å². The number of unbranched alkanes of at least 4 members (excludes halogenated alkanes) is 28. The molecule has 0 bridgehead atoms. The topological polar surface area (TPSA) is 24.7 Å². The molecule has 3 heteroatoms. The van der Waals surface area contributed by atoms with Crippen molar-refractivity contribution in [3.05, 3.63) is 70.8 Å². The Hall–Kier alpha value is -1.99. The van der Waals surface area contributed by atoms with Crippen LogP contribution in [-0.4, -0.2) is 11.4 Å². The van der Waals surface area contributed by atoms with Crippen LogP contribution in [-0.2, 0) is 42.2 Å². The van der Waals surface area contributed by atoms with Crippen LogP contribution in [0.3, 0.4) is 0 Å². The zero-order valence-corrected chi connectivity index (χ0v) is 44.4. The van der Waals surface area contributed by atoms with Crippen molar-refractivity contribution in [3.8, 4) is 0 Å². The van der Waals surface area contributed by atoms with E-state index in [2.05, 4.69) is 90.1 Å². The summed E-state index contributed by atoms with van der Waals surface area (Å²) < 4.78 is 0. The first-order chi connectivity index (χ1) is 31.1. The van der Waals surface area contributed by atoms with Gasteiger partial charge in [0.15, 0.2) is 0 Å². The summed E-state index contributed by atoms with van der Waals surface area (Å²) in [6.45, 7) is 13.8. The Balaban J connectivity index is 0.0000205. The Morgan fingerprint density at radius 2 is 0.641 bits per heavy atom. The molecule has 0 amide bonds. The van der Waals surface area contributed by atoms with E-state index in [1.807, 2.05) is 0 Å². The molecule has 0 aliphatic rings. The molecule has 0 heterocycles. The van der Waals surface area contributed by atoms with Gasteiger partial charge in [0.2, 0.25) is 0 Å².